The second kappa shape index (κ2) is 4.28. The Morgan fingerprint density at radius 3 is 2.95 bits per heavy atom. The zero-order valence-corrected chi connectivity index (χ0v) is 10.4. The van der Waals surface area contributed by atoms with Crippen molar-refractivity contribution in [3.05, 3.63) is 47.9 Å². The molecule has 0 radical (unpaired) electrons. The number of aromatic amines is 1. The highest BCUT2D eigenvalue weighted by Crippen LogP contribution is 2.29. The topological polar surface area (TPSA) is 66.7 Å². The highest BCUT2D eigenvalue weighted by atomic mass is 19.1. The lowest BCUT2D eigenvalue weighted by Crippen LogP contribution is -1.99. The summed E-state index contributed by atoms with van der Waals surface area (Å²) in [6, 6.07) is 8.60. The molecule has 4 nitrogen and oxygen atoms in total. The first-order chi connectivity index (χ1) is 9.15. The fraction of sp³-hybridized carbons (Fsp3) is 0.0714. The summed E-state index contributed by atoms with van der Waals surface area (Å²) in [6.07, 6.45) is 1.71. The van der Waals surface area contributed by atoms with Crippen molar-refractivity contribution in [2.75, 3.05) is 11.1 Å². The Morgan fingerprint density at radius 1 is 1.26 bits per heavy atom. The number of nitrogen functional groups attached to an aromatic ring is 1. The predicted molar refractivity (Wildman–Crippen MR) is 74.9 cm³/mol. The Labute approximate surface area is 109 Å². The molecule has 3 rings (SSSR count). The zero-order valence-electron chi connectivity index (χ0n) is 10.4. The minimum Gasteiger partial charge on any atom is -0.397 e. The molecule has 0 saturated carbocycles. The number of fused-ring (bicyclic) bond motifs is 1. The summed E-state index contributed by atoms with van der Waals surface area (Å²) in [6.45, 7) is 1.72. The average molecular weight is 256 g/mol. The van der Waals surface area contributed by atoms with Crippen LogP contribution in [0.4, 0.5) is 21.5 Å². The molecule has 1 aromatic heterocycles. The number of nitrogens with zero attached hydrogens (tertiary/aromatic N) is 1. The molecule has 3 aromatic rings. The van der Waals surface area contributed by atoms with Crippen LogP contribution in [0, 0.1) is 12.7 Å². The molecule has 0 atom stereocenters. The van der Waals surface area contributed by atoms with Gasteiger partial charge in [0.1, 0.15) is 5.82 Å². The molecule has 0 aliphatic rings. The van der Waals surface area contributed by atoms with Gasteiger partial charge in [-0.2, -0.15) is 5.10 Å². The summed E-state index contributed by atoms with van der Waals surface area (Å²) in [5, 5.41) is 10.9. The number of benzene rings is 2. The molecular weight excluding hydrogens is 243 g/mol. The van der Waals surface area contributed by atoms with Gasteiger partial charge in [0, 0.05) is 16.6 Å². The Bertz CT molecular complexity index is 748. The summed E-state index contributed by atoms with van der Waals surface area (Å²) in [5.74, 6) is -0.244. The number of nitrogens with two attached hydrogens (primary N) is 1. The van der Waals surface area contributed by atoms with E-state index in [1.54, 1.807) is 19.2 Å². The molecule has 2 aromatic carbocycles. The number of nitrogens with one attached hydrogen (secondary N) is 2. The van der Waals surface area contributed by atoms with Crippen LogP contribution in [0.5, 0.6) is 0 Å². The highest BCUT2D eigenvalue weighted by molar-refractivity contribution is 5.90. The summed E-state index contributed by atoms with van der Waals surface area (Å²) in [5.41, 5.74) is 9.45. The number of rotatable bonds is 2. The molecule has 5 heteroatoms. The standard InChI is InChI=1S/C14H13FN4/c1-8-10(15)3-2-4-12(8)18-14-6-13-9(5-11(14)16)7-17-19-13/h2-7,18H,16H2,1H3,(H,17,19). The quantitative estimate of drug-likeness (QED) is 0.616. The van der Waals surface area contributed by atoms with Crippen molar-refractivity contribution in [2.24, 2.45) is 0 Å². The fourth-order valence-electron chi connectivity index (χ4n) is 2.01. The fourth-order valence-corrected chi connectivity index (χ4v) is 2.01. The Morgan fingerprint density at radius 2 is 2.11 bits per heavy atom. The van der Waals surface area contributed by atoms with Crippen LogP contribution >= 0.6 is 0 Å². The van der Waals surface area contributed by atoms with E-state index in [-0.39, 0.29) is 5.82 Å². The van der Waals surface area contributed by atoms with Crippen LogP contribution in [0.3, 0.4) is 0 Å². The maximum atomic E-state index is 13.5. The molecule has 0 bridgehead atoms. The minimum atomic E-state index is -0.244. The number of hydrogen-bond acceptors (Lipinski definition) is 3. The van der Waals surface area contributed by atoms with Crippen LogP contribution in [0.15, 0.2) is 36.5 Å². The molecule has 0 fully saturated rings. The van der Waals surface area contributed by atoms with Crippen LogP contribution in [0.1, 0.15) is 5.56 Å². The third-order valence-corrected chi connectivity index (χ3v) is 3.15. The second-order valence-corrected chi connectivity index (χ2v) is 4.43. The first kappa shape index (κ1) is 11.5. The van der Waals surface area contributed by atoms with Crippen molar-refractivity contribution in [1.82, 2.24) is 10.2 Å². The SMILES string of the molecule is Cc1c(F)cccc1Nc1cc2[nH]ncc2cc1N. The molecule has 4 N–H and O–H groups in total. The van der Waals surface area contributed by atoms with Crippen LogP contribution in [0.25, 0.3) is 10.9 Å². The molecule has 96 valence electrons. The first-order valence-electron chi connectivity index (χ1n) is 5.90. The van der Waals surface area contributed by atoms with Gasteiger partial charge in [-0.25, -0.2) is 4.39 Å². The van der Waals surface area contributed by atoms with E-state index in [4.69, 9.17) is 5.73 Å². The van der Waals surface area contributed by atoms with Crippen LogP contribution in [0.2, 0.25) is 0 Å². The summed E-state index contributed by atoms with van der Waals surface area (Å²) in [7, 11) is 0. The monoisotopic (exact) mass is 256 g/mol. The van der Waals surface area contributed by atoms with Crippen molar-refractivity contribution in [2.45, 2.75) is 6.92 Å². The van der Waals surface area contributed by atoms with E-state index < -0.39 is 0 Å². The maximum Gasteiger partial charge on any atom is 0.128 e. The van der Waals surface area contributed by atoms with Crippen molar-refractivity contribution in [1.29, 1.82) is 0 Å². The van der Waals surface area contributed by atoms with E-state index in [2.05, 4.69) is 15.5 Å². The third-order valence-electron chi connectivity index (χ3n) is 3.15. The molecule has 0 amide bonds. The van der Waals surface area contributed by atoms with Crippen LogP contribution in [-0.4, -0.2) is 10.2 Å². The van der Waals surface area contributed by atoms with Gasteiger partial charge >= 0.3 is 0 Å². The van der Waals surface area contributed by atoms with Gasteiger partial charge in [-0.05, 0) is 31.2 Å². The lowest BCUT2D eigenvalue weighted by Gasteiger charge is -2.12. The van der Waals surface area contributed by atoms with Crippen molar-refractivity contribution in [3.63, 3.8) is 0 Å². The lowest BCUT2D eigenvalue weighted by molar-refractivity contribution is 0.619. The Balaban J connectivity index is 2.05. The minimum absolute atomic E-state index is 0.244. The molecule has 0 aliphatic heterocycles. The van der Waals surface area contributed by atoms with E-state index in [9.17, 15) is 4.39 Å². The van der Waals surface area contributed by atoms with Gasteiger partial charge in [0.25, 0.3) is 0 Å². The molecule has 0 unspecified atom stereocenters. The van der Waals surface area contributed by atoms with Gasteiger partial charge in [0.2, 0.25) is 0 Å². The van der Waals surface area contributed by atoms with Crippen molar-refractivity contribution in [3.8, 4) is 0 Å². The van der Waals surface area contributed by atoms with Crippen LogP contribution < -0.4 is 11.1 Å². The first-order valence-corrected chi connectivity index (χ1v) is 5.90. The number of H-pyrrole nitrogens is 1. The van der Waals surface area contributed by atoms with Gasteiger partial charge in [0.05, 0.1) is 23.1 Å². The van der Waals surface area contributed by atoms with Crippen molar-refractivity contribution < 1.29 is 4.39 Å². The largest absolute Gasteiger partial charge is 0.397 e. The van der Waals surface area contributed by atoms with E-state index in [1.807, 2.05) is 18.2 Å². The number of halogens is 1. The molecule has 0 spiro atoms. The third kappa shape index (κ3) is 1.99. The van der Waals surface area contributed by atoms with Gasteiger partial charge < -0.3 is 11.1 Å². The lowest BCUT2D eigenvalue weighted by atomic mass is 10.1. The summed E-state index contributed by atoms with van der Waals surface area (Å²) in [4.78, 5) is 0. The number of aromatic nitrogens is 2. The molecule has 19 heavy (non-hydrogen) atoms. The number of anilines is 3. The van der Waals surface area contributed by atoms with E-state index >= 15 is 0 Å². The van der Waals surface area contributed by atoms with Gasteiger partial charge in [-0.15, -0.1) is 0 Å². The average Bonchev–Trinajstić information content (AvgIpc) is 2.82. The zero-order chi connectivity index (χ0) is 13.4. The summed E-state index contributed by atoms with van der Waals surface area (Å²) >= 11 is 0. The molecule has 1 heterocycles. The smallest absolute Gasteiger partial charge is 0.128 e. The Kier molecular flexibility index (Phi) is 2.59. The van der Waals surface area contributed by atoms with E-state index in [0.717, 1.165) is 16.6 Å². The van der Waals surface area contributed by atoms with Crippen molar-refractivity contribution >= 4 is 28.0 Å². The molecule has 0 aliphatic carbocycles. The van der Waals surface area contributed by atoms with Crippen LogP contribution in [-0.2, 0) is 0 Å². The molecule has 0 saturated heterocycles. The van der Waals surface area contributed by atoms with Gasteiger partial charge in [0.15, 0.2) is 0 Å². The number of hydrogen-bond donors (Lipinski definition) is 3. The maximum absolute atomic E-state index is 13.5. The van der Waals surface area contributed by atoms with E-state index in [1.165, 1.54) is 6.07 Å². The van der Waals surface area contributed by atoms with E-state index in [0.29, 0.717) is 16.9 Å². The predicted octanol–water partition coefficient (Wildman–Crippen LogP) is 3.34. The second-order valence-electron chi connectivity index (χ2n) is 4.43. The normalized spacial score (nSPS) is 10.8. The van der Waals surface area contributed by atoms with Gasteiger partial charge in [-0.3, -0.25) is 5.10 Å². The molecular formula is C14H13FN4. The van der Waals surface area contributed by atoms with Gasteiger partial charge in [-0.1, -0.05) is 6.07 Å². The highest BCUT2D eigenvalue weighted by Gasteiger charge is 2.07. The summed E-state index contributed by atoms with van der Waals surface area (Å²) < 4.78 is 13.5. The Hall–Kier alpha value is -2.56.